The van der Waals surface area contributed by atoms with Crippen molar-refractivity contribution in [3.05, 3.63) is 83.7 Å². The number of benzene rings is 3. The highest BCUT2D eigenvalue weighted by atomic mass is 28.3. The van der Waals surface area contributed by atoms with Crippen LogP contribution in [0.4, 0.5) is 4.39 Å². The molecule has 0 amide bonds. The van der Waals surface area contributed by atoms with Crippen molar-refractivity contribution in [3.8, 4) is 22.3 Å². The van der Waals surface area contributed by atoms with Crippen LogP contribution in [0.15, 0.2) is 66.7 Å². The van der Waals surface area contributed by atoms with Gasteiger partial charge in [-0.15, -0.1) is 0 Å². The van der Waals surface area contributed by atoms with Gasteiger partial charge in [-0.3, -0.25) is 0 Å². The highest BCUT2D eigenvalue weighted by Crippen LogP contribution is 2.38. The lowest BCUT2D eigenvalue weighted by Crippen LogP contribution is -2.20. The summed E-state index contributed by atoms with van der Waals surface area (Å²) in [6.07, 6.45) is 8.86. The minimum Gasteiger partial charge on any atom is -0.206 e. The fourth-order valence-electron chi connectivity index (χ4n) is 5.35. The number of hydrogen-bond acceptors (Lipinski definition) is 0. The van der Waals surface area contributed by atoms with Gasteiger partial charge in [-0.1, -0.05) is 118 Å². The maximum atomic E-state index is 15.4. The van der Waals surface area contributed by atoms with Crippen LogP contribution in [0.5, 0.6) is 0 Å². The van der Waals surface area contributed by atoms with Gasteiger partial charge in [0.05, 0.1) is 0 Å². The third kappa shape index (κ3) is 6.03. The number of halogens is 1. The first kappa shape index (κ1) is 23.9. The number of rotatable bonds is 9. The number of unbranched alkanes of at least 4 members (excludes halogenated alkanes) is 2. The molecule has 0 spiro atoms. The zero-order chi connectivity index (χ0) is 23.0. The second-order valence-corrected chi connectivity index (χ2v) is 12.7. The molecule has 0 aliphatic carbocycles. The Hall–Kier alpha value is -2.19. The summed E-state index contributed by atoms with van der Waals surface area (Å²) >= 11 is 0. The van der Waals surface area contributed by atoms with Gasteiger partial charge in [0, 0.05) is 14.4 Å². The summed E-state index contributed by atoms with van der Waals surface area (Å²) in [6, 6.07) is 27.3. The van der Waals surface area contributed by atoms with E-state index >= 15 is 4.39 Å². The summed E-state index contributed by atoms with van der Waals surface area (Å²) < 4.78 is 15.4. The van der Waals surface area contributed by atoms with Crippen LogP contribution in [0.3, 0.4) is 0 Å². The number of hydrogen-bond donors (Lipinski definition) is 0. The minimum atomic E-state index is -0.157. The second-order valence-electron chi connectivity index (χ2n) is 9.71. The molecule has 1 radical (unpaired) electrons. The predicted octanol–water partition coefficient (Wildman–Crippen LogP) is 9.67. The Morgan fingerprint density at radius 2 is 1.52 bits per heavy atom. The van der Waals surface area contributed by atoms with E-state index in [4.69, 9.17) is 0 Å². The Morgan fingerprint density at radius 1 is 0.788 bits per heavy atom. The van der Waals surface area contributed by atoms with Crippen molar-refractivity contribution >= 4 is 8.80 Å². The Balaban J connectivity index is 1.50. The van der Waals surface area contributed by atoms with Gasteiger partial charge >= 0.3 is 0 Å². The van der Waals surface area contributed by atoms with Crippen LogP contribution >= 0.6 is 0 Å². The molecular formula is C31H38FSi. The normalized spacial score (nSPS) is 15.1. The van der Waals surface area contributed by atoms with Crippen molar-refractivity contribution in [2.24, 2.45) is 0 Å². The van der Waals surface area contributed by atoms with Crippen molar-refractivity contribution < 1.29 is 4.39 Å². The highest BCUT2D eigenvalue weighted by molar-refractivity contribution is 6.59. The fourth-order valence-corrected chi connectivity index (χ4v) is 8.36. The van der Waals surface area contributed by atoms with E-state index in [1.165, 1.54) is 61.4 Å². The molecule has 1 heterocycles. The molecule has 3 aromatic rings. The first-order valence-electron chi connectivity index (χ1n) is 13.0. The Bertz CT molecular complexity index is 1020. The van der Waals surface area contributed by atoms with Gasteiger partial charge in [0.1, 0.15) is 5.82 Å². The summed E-state index contributed by atoms with van der Waals surface area (Å²) in [6.45, 7) is 4.49. The topological polar surface area (TPSA) is 0 Å². The Kier molecular flexibility index (Phi) is 8.55. The lowest BCUT2D eigenvalue weighted by atomic mass is 9.89. The van der Waals surface area contributed by atoms with Crippen LogP contribution in [0.2, 0.25) is 18.1 Å². The third-order valence-corrected chi connectivity index (χ3v) is 10.4. The van der Waals surface area contributed by atoms with Crippen molar-refractivity contribution in [1.29, 1.82) is 0 Å². The first-order chi connectivity index (χ1) is 16.2. The van der Waals surface area contributed by atoms with Crippen molar-refractivity contribution in [2.45, 2.75) is 82.8 Å². The van der Waals surface area contributed by atoms with Crippen LogP contribution in [0.25, 0.3) is 22.3 Å². The smallest absolute Gasteiger partial charge is 0.131 e. The molecule has 2 heteroatoms. The van der Waals surface area contributed by atoms with E-state index in [9.17, 15) is 0 Å². The van der Waals surface area contributed by atoms with Gasteiger partial charge in [0.2, 0.25) is 0 Å². The SMILES string of the molecule is CCCCC[Si]1CCC(c2ccc(-c3ccccc3-c3ccc(CCC)cc3)c(F)c2)CC1. The van der Waals surface area contributed by atoms with Gasteiger partial charge in [-0.2, -0.15) is 0 Å². The van der Waals surface area contributed by atoms with Crippen LogP contribution in [-0.4, -0.2) is 8.80 Å². The van der Waals surface area contributed by atoms with Gasteiger partial charge < -0.3 is 0 Å². The van der Waals surface area contributed by atoms with Crippen LogP contribution in [-0.2, 0) is 6.42 Å². The van der Waals surface area contributed by atoms with Gasteiger partial charge in [0.15, 0.2) is 0 Å². The molecule has 1 aliphatic rings. The quantitative estimate of drug-likeness (QED) is 0.221. The molecule has 0 N–H and O–H groups in total. The van der Waals surface area contributed by atoms with E-state index in [0.29, 0.717) is 11.5 Å². The molecular weight excluding hydrogens is 419 g/mol. The van der Waals surface area contributed by atoms with Crippen molar-refractivity contribution in [2.75, 3.05) is 0 Å². The van der Waals surface area contributed by atoms with Crippen LogP contribution < -0.4 is 0 Å². The molecule has 0 aromatic heterocycles. The summed E-state index contributed by atoms with van der Waals surface area (Å²) in [5.74, 6) is 0.455. The van der Waals surface area contributed by atoms with E-state index < -0.39 is 0 Å². The number of aryl methyl sites for hydroxylation is 1. The van der Waals surface area contributed by atoms with Gasteiger partial charge in [0.25, 0.3) is 0 Å². The Labute approximate surface area is 201 Å². The molecule has 4 rings (SSSR count). The molecule has 0 nitrogen and oxygen atoms in total. The van der Waals surface area contributed by atoms with E-state index in [2.05, 4.69) is 56.3 Å². The van der Waals surface area contributed by atoms with Crippen molar-refractivity contribution in [3.63, 3.8) is 0 Å². The summed E-state index contributed by atoms with van der Waals surface area (Å²) in [5, 5.41) is 0. The van der Waals surface area contributed by atoms with Crippen molar-refractivity contribution in [1.82, 2.24) is 0 Å². The lowest BCUT2D eigenvalue weighted by molar-refractivity contribution is 0.588. The zero-order valence-corrected chi connectivity index (χ0v) is 21.4. The summed E-state index contributed by atoms with van der Waals surface area (Å²) in [5.41, 5.74) is 6.51. The van der Waals surface area contributed by atoms with Crippen LogP contribution in [0.1, 0.15) is 69.4 Å². The molecule has 0 saturated carbocycles. The zero-order valence-electron chi connectivity index (χ0n) is 20.4. The van der Waals surface area contributed by atoms with Crippen LogP contribution in [0, 0.1) is 5.82 Å². The molecule has 1 saturated heterocycles. The summed E-state index contributed by atoms with van der Waals surface area (Å²) in [7, 11) is -0.157. The molecule has 33 heavy (non-hydrogen) atoms. The summed E-state index contributed by atoms with van der Waals surface area (Å²) in [4.78, 5) is 0. The molecule has 173 valence electrons. The van der Waals surface area contributed by atoms with E-state index in [1.54, 1.807) is 0 Å². The van der Waals surface area contributed by atoms with Gasteiger partial charge in [-0.25, -0.2) is 4.39 Å². The predicted molar refractivity (Wildman–Crippen MR) is 143 cm³/mol. The highest BCUT2D eigenvalue weighted by Gasteiger charge is 2.24. The monoisotopic (exact) mass is 457 g/mol. The van der Waals surface area contributed by atoms with E-state index in [0.717, 1.165) is 29.5 Å². The third-order valence-electron chi connectivity index (χ3n) is 7.31. The standard InChI is InChI=1S/C31H38FSi/c1-3-5-8-20-33-21-18-25(19-22-33)27-16-17-30(31(32)23-27)29-11-7-6-10-28(29)26-14-12-24(9-4-2)13-15-26/h6-7,10-17,23,25H,3-5,8-9,18-22H2,1-2H3. The molecule has 0 unspecified atom stereocenters. The largest absolute Gasteiger partial charge is 0.206 e. The fraction of sp³-hybridized carbons (Fsp3) is 0.419. The lowest BCUT2D eigenvalue weighted by Gasteiger charge is -2.28. The molecule has 0 atom stereocenters. The molecule has 0 bridgehead atoms. The average molecular weight is 458 g/mol. The van der Waals surface area contributed by atoms with Gasteiger partial charge in [-0.05, 0) is 59.1 Å². The first-order valence-corrected chi connectivity index (χ1v) is 15.1. The van der Waals surface area contributed by atoms with E-state index in [1.807, 2.05) is 24.3 Å². The molecule has 3 aromatic carbocycles. The molecule has 1 fully saturated rings. The Morgan fingerprint density at radius 3 is 2.18 bits per heavy atom. The second kappa shape index (κ2) is 11.8. The minimum absolute atomic E-state index is 0.0819. The van der Waals surface area contributed by atoms with E-state index in [-0.39, 0.29) is 14.6 Å². The maximum absolute atomic E-state index is 15.4. The maximum Gasteiger partial charge on any atom is 0.131 e. The molecule has 1 aliphatic heterocycles. The average Bonchev–Trinajstić information content (AvgIpc) is 2.85.